The molecule has 0 saturated carbocycles. The second-order valence-corrected chi connectivity index (χ2v) is 6.54. The fraction of sp³-hybridized carbons (Fsp3) is 0.353. The van der Waals surface area contributed by atoms with Crippen LogP contribution in [0.1, 0.15) is 34.9 Å². The molecule has 110 valence electrons. The Bertz CT molecular complexity index is 606. The summed E-state index contributed by atoms with van der Waals surface area (Å²) in [5.74, 6) is -0.707. The SMILES string of the molecule is Cc1ccc(C(c2cccs2)N2CCCC2C(=O)O)cc1. The van der Waals surface area contributed by atoms with Crippen molar-refractivity contribution < 1.29 is 9.90 Å². The van der Waals surface area contributed by atoms with Gasteiger partial charge < -0.3 is 5.11 Å². The van der Waals surface area contributed by atoms with Gasteiger partial charge in [-0.3, -0.25) is 9.69 Å². The molecule has 1 N–H and O–H groups in total. The highest BCUT2D eigenvalue weighted by atomic mass is 32.1. The van der Waals surface area contributed by atoms with E-state index in [2.05, 4.69) is 47.5 Å². The van der Waals surface area contributed by atoms with E-state index in [4.69, 9.17) is 0 Å². The van der Waals surface area contributed by atoms with E-state index >= 15 is 0 Å². The van der Waals surface area contributed by atoms with Gasteiger partial charge in [0.05, 0.1) is 6.04 Å². The summed E-state index contributed by atoms with van der Waals surface area (Å²) in [5, 5.41) is 11.5. The van der Waals surface area contributed by atoms with Crippen LogP contribution in [0, 0.1) is 6.92 Å². The second-order valence-electron chi connectivity index (χ2n) is 5.56. The van der Waals surface area contributed by atoms with Crippen LogP contribution in [-0.2, 0) is 4.79 Å². The van der Waals surface area contributed by atoms with Gasteiger partial charge in [0, 0.05) is 11.4 Å². The number of benzene rings is 1. The Hall–Kier alpha value is -1.65. The van der Waals surface area contributed by atoms with Crippen molar-refractivity contribution >= 4 is 17.3 Å². The second kappa shape index (κ2) is 6.00. The lowest BCUT2D eigenvalue weighted by Crippen LogP contribution is -2.38. The van der Waals surface area contributed by atoms with E-state index in [0.29, 0.717) is 0 Å². The Labute approximate surface area is 128 Å². The van der Waals surface area contributed by atoms with Gasteiger partial charge in [0.15, 0.2) is 0 Å². The molecule has 1 aromatic carbocycles. The summed E-state index contributed by atoms with van der Waals surface area (Å²) in [5.41, 5.74) is 2.40. The van der Waals surface area contributed by atoms with E-state index in [1.54, 1.807) is 11.3 Å². The average molecular weight is 301 g/mol. The molecule has 3 nitrogen and oxygen atoms in total. The fourth-order valence-corrected chi connectivity index (χ4v) is 3.95. The first kappa shape index (κ1) is 14.3. The third-order valence-electron chi connectivity index (χ3n) is 4.12. The van der Waals surface area contributed by atoms with Gasteiger partial charge in [-0.25, -0.2) is 0 Å². The minimum Gasteiger partial charge on any atom is -0.480 e. The molecule has 1 fully saturated rings. The van der Waals surface area contributed by atoms with Crippen LogP contribution in [0.25, 0.3) is 0 Å². The van der Waals surface area contributed by atoms with Crippen LogP contribution in [0.15, 0.2) is 41.8 Å². The number of aryl methyl sites for hydroxylation is 1. The number of aliphatic carboxylic acids is 1. The largest absolute Gasteiger partial charge is 0.480 e. The third-order valence-corrected chi connectivity index (χ3v) is 5.04. The summed E-state index contributed by atoms with van der Waals surface area (Å²) in [7, 11) is 0. The molecule has 0 bridgehead atoms. The Kier molecular flexibility index (Phi) is 4.08. The van der Waals surface area contributed by atoms with E-state index in [9.17, 15) is 9.90 Å². The molecule has 2 atom stereocenters. The standard InChI is InChI=1S/C17H19NO2S/c1-12-6-8-13(9-7-12)16(15-5-3-11-21-15)18-10-2-4-14(18)17(19)20/h3,5-9,11,14,16H,2,4,10H2,1H3,(H,19,20). The van der Waals surface area contributed by atoms with Crippen molar-refractivity contribution in [2.75, 3.05) is 6.54 Å². The van der Waals surface area contributed by atoms with Crippen molar-refractivity contribution in [2.45, 2.75) is 31.8 Å². The smallest absolute Gasteiger partial charge is 0.320 e. The number of carboxylic acid groups (broad SMARTS) is 1. The molecule has 2 aromatic rings. The maximum absolute atomic E-state index is 11.5. The zero-order valence-corrected chi connectivity index (χ0v) is 12.8. The normalized spacial score (nSPS) is 20.5. The van der Waals surface area contributed by atoms with Gasteiger partial charge in [0.25, 0.3) is 0 Å². The molecule has 1 aliphatic rings. The van der Waals surface area contributed by atoms with Crippen LogP contribution in [0.5, 0.6) is 0 Å². The van der Waals surface area contributed by atoms with Gasteiger partial charge in [-0.2, -0.15) is 0 Å². The molecular formula is C17H19NO2S. The Morgan fingerprint density at radius 3 is 2.71 bits per heavy atom. The van der Waals surface area contributed by atoms with E-state index in [-0.39, 0.29) is 12.1 Å². The number of likely N-dealkylation sites (tertiary alicyclic amines) is 1. The summed E-state index contributed by atoms with van der Waals surface area (Å²) in [6.07, 6.45) is 1.69. The Balaban J connectivity index is 2.00. The average Bonchev–Trinajstić information content (AvgIpc) is 3.13. The lowest BCUT2D eigenvalue weighted by Gasteiger charge is -2.31. The van der Waals surface area contributed by atoms with E-state index in [1.807, 2.05) is 6.07 Å². The van der Waals surface area contributed by atoms with Crippen LogP contribution in [0.2, 0.25) is 0 Å². The molecular weight excluding hydrogens is 282 g/mol. The van der Waals surface area contributed by atoms with Crippen molar-refractivity contribution in [2.24, 2.45) is 0 Å². The lowest BCUT2D eigenvalue weighted by molar-refractivity contribution is -0.142. The van der Waals surface area contributed by atoms with Crippen LogP contribution in [0.4, 0.5) is 0 Å². The van der Waals surface area contributed by atoms with E-state index in [1.165, 1.54) is 16.0 Å². The number of rotatable bonds is 4. The molecule has 4 heteroatoms. The van der Waals surface area contributed by atoms with Crippen molar-refractivity contribution in [3.05, 3.63) is 57.8 Å². The van der Waals surface area contributed by atoms with Gasteiger partial charge in [-0.15, -0.1) is 11.3 Å². The lowest BCUT2D eigenvalue weighted by atomic mass is 10.0. The maximum Gasteiger partial charge on any atom is 0.320 e. The summed E-state index contributed by atoms with van der Waals surface area (Å²) in [6, 6.07) is 12.3. The summed E-state index contributed by atoms with van der Waals surface area (Å²) >= 11 is 1.70. The molecule has 1 saturated heterocycles. The fourth-order valence-electron chi connectivity index (χ4n) is 3.08. The van der Waals surface area contributed by atoms with Crippen molar-refractivity contribution in [1.29, 1.82) is 0 Å². The minimum atomic E-state index is -0.707. The highest BCUT2D eigenvalue weighted by molar-refractivity contribution is 7.10. The molecule has 1 aromatic heterocycles. The topological polar surface area (TPSA) is 40.5 Å². The van der Waals surface area contributed by atoms with Gasteiger partial charge in [-0.05, 0) is 36.8 Å². The molecule has 0 radical (unpaired) electrons. The summed E-state index contributed by atoms with van der Waals surface area (Å²) < 4.78 is 0. The van der Waals surface area contributed by atoms with E-state index < -0.39 is 5.97 Å². The Morgan fingerprint density at radius 2 is 2.10 bits per heavy atom. The van der Waals surface area contributed by atoms with Gasteiger partial charge in [0.2, 0.25) is 0 Å². The number of thiophene rings is 1. The molecule has 2 unspecified atom stereocenters. The van der Waals surface area contributed by atoms with Gasteiger partial charge >= 0.3 is 5.97 Å². The third kappa shape index (κ3) is 2.87. The molecule has 0 aliphatic carbocycles. The summed E-state index contributed by atoms with van der Waals surface area (Å²) in [4.78, 5) is 14.9. The predicted octanol–water partition coefficient (Wildman–Crippen LogP) is 3.69. The van der Waals surface area contributed by atoms with Gasteiger partial charge in [0.1, 0.15) is 6.04 Å². The minimum absolute atomic E-state index is 0.0502. The number of carbonyl (C=O) groups is 1. The molecule has 0 amide bonds. The first-order valence-corrected chi connectivity index (χ1v) is 8.13. The molecule has 0 spiro atoms. The van der Waals surface area contributed by atoms with E-state index in [0.717, 1.165) is 19.4 Å². The molecule has 21 heavy (non-hydrogen) atoms. The van der Waals surface area contributed by atoms with Crippen molar-refractivity contribution in [1.82, 2.24) is 4.90 Å². The van der Waals surface area contributed by atoms with Crippen LogP contribution in [0.3, 0.4) is 0 Å². The zero-order valence-electron chi connectivity index (χ0n) is 12.0. The molecule has 2 heterocycles. The number of carboxylic acids is 1. The highest BCUT2D eigenvalue weighted by Gasteiger charge is 2.37. The molecule has 1 aliphatic heterocycles. The quantitative estimate of drug-likeness (QED) is 0.936. The number of hydrogen-bond acceptors (Lipinski definition) is 3. The predicted molar refractivity (Wildman–Crippen MR) is 84.7 cm³/mol. The van der Waals surface area contributed by atoms with Gasteiger partial charge in [-0.1, -0.05) is 35.9 Å². The van der Waals surface area contributed by atoms with Crippen molar-refractivity contribution in [3.63, 3.8) is 0 Å². The maximum atomic E-state index is 11.5. The van der Waals surface area contributed by atoms with Crippen LogP contribution < -0.4 is 0 Å². The number of hydrogen-bond donors (Lipinski definition) is 1. The summed E-state index contributed by atoms with van der Waals surface area (Å²) in [6.45, 7) is 2.91. The van der Waals surface area contributed by atoms with Crippen molar-refractivity contribution in [3.8, 4) is 0 Å². The number of nitrogens with zero attached hydrogens (tertiary/aromatic N) is 1. The first-order valence-electron chi connectivity index (χ1n) is 7.25. The van der Waals surface area contributed by atoms with Crippen LogP contribution >= 0.6 is 11.3 Å². The van der Waals surface area contributed by atoms with Crippen LogP contribution in [-0.4, -0.2) is 28.6 Å². The zero-order chi connectivity index (χ0) is 14.8. The Morgan fingerprint density at radius 1 is 1.33 bits per heavy atom. The highest BCUT2D eigenvalue weighted by Crippen LogP contribution is 2.36. The molecule has 3 rings (SSSR count). The monoisotopic (exact) mass is 301 g/mol. The first-order chi connectivity index (χ1) is 10.2.